The smallest absolute Gasteiger partial charge is 0.306 e. The third-order valence-electron chi connectivity index (χ3n) is 5.66. The Bertz CT molecular complexity index is 1230. The van der Waals surface area contributed by atoms with Gasteiger partial charge in [0, 0.05) is 24.2 Å². The minimum Gasteiger partial charge on any atom is -0.457 e. The molecule has 7 heteroatoms. The van der Waals surface area contributed by atoms with Crippen molar-refractivity contribution in [2.75, 3.05) is 17.2 Å². The van der Waals surface area contributed by atoms with Gasteiger partial charge in [-0.25, -0.2) is 0 Å². The molecule has 0 aromatic heterocycles. The lowest BCUT2D eigenvalue weighted by Crippen LogP contribution is -2.21. The van der Waals surface area contributed by atoms with Crippen LogP contribution in [0.4, 0.5) is 11.4 Å². The number of nitrogens with one attached hydrogen (secondary N) is 2. The number of benzene rings is 3. The minimum absolute atomic E-state index is 0.0486. The predicted octanol–water partition coefficient (Wildman–Crippen LogP) is 6.00. The number of amides is 2. The van der Waals surface area contributed by atoms with Crippen LogP contribution in [0.5, 0.6) is 11.5 Å². The highest BCUT2D eigenvalue weighted by Crippen LogP contribution is 2.25. The second kappa shape index (κ2) is 12.5. The maximum absolute atomic E-state index is 12.2. The van der Waals surface area contributed by atoms with Crippen LogP contribution in [0.2, 0.25) is 0 Å². The highest BCUT2D eigenvalue weighted by atomic mass is 16.5. The molecule has 0 unspecified atom stereocenters. The lowest BCUT2D eigenvalue weighted by atomic mass is 10.1. The highest BCUT2D eigenvalue weighted by molar-refractivity contribution is 5.93. The van der Waals surface area contributed by atoms with Crippen molar-refractivity contribution in [2.24, 2.45) is 0 Å². The molecular formula is C29H32N2O5. The summed E-state index contributed by atoms with van der Waals surface area (Å²) in [5, 5.41) is 5.53. The molecule has 0 spiro atoms. The van der Waals surface area contributed by atoms with E-state index in [1.54, 1.807) is 24.3 Å². The number of ether oxygens (including phenoxy) is 2. The zero-order valence-corrected chi connectivity index (χ0v) is 21.1. The maximum Gasteiger partial charge on any atom is 0.306 e. The number of hydrogen-bond acceptors (Lipinski definition) is 5. The molecule has 0 aliphatic rings. The first-order valence-electron chi connectivity index (χ1n) is 11.9. The molecule has 3 aromatic rings. The second-order valence-electron chi connectivity index (χ2n) is 8.80. The number of hydrogen-bond donors (Lipinski definition) is 2. The molecule has 0 aliphatic heterocycles. The number of aryl methyl sites for hydroxylation is 4. The van der Waals surface area contributed by atoms with Crippen LogP contribution in [0.25, 0.3) is 0 Å². The van der Waals surface area contributed by atoms with Gasteiger partial charge in [-0.2, -0.15) is 0 Å². The van der Waals surface area contributed by atoms with E-state index >= 15 is 0 Å². The first kappa shape index (κ1) is 26.5. The molecule has 0 saturated heterocycles. The number of rotatable bonds is 10. The third kappa shape index (κ3) is 8.27. The molecule has 0 atom stereocenters. The fraction of sp³-hybridized carbons (Fsp3) is 0.276. The fourth-order valence-electron chi connectivity index (χ4n) is 3.49. The molecule has 0 fully saturated rings. The quantitative estimate of drug-likeness (QED) is 0.341. The second-order valence-corrected chi connectivity index (χ2v) is 8.80. The Morgan fingerprint density at radius 1 is 0.694 bits per heavy atom. The molecule has 0 radical (unpaired) electrons. The van der Waals surface area contributed by atoms with Crippen LogP contribution in [0.1, 0.15) is 41.5 Å². The summed E-state index contributed by atoms with van der Waals surface area (Å²) in [5.74, 6) is 0.285. The normalized spacial score (nSPS) is 10.4. The van der Waals surface area contributed by atoms with Gasteiger partial charge in [0.25, 0.3) is 5.91 Å². The van der Waals surface area contributed by atoms with E-state index in [2.05, 4.69) is 10.6 Å². The van der Waals surface area contributed by atoms with Crippen molar-refractivity contribution in [3.63, 3.8) is 0 Å². The summed E-state index contributed by atoms with van der Waals surface area (Å²) < 4.78 is 10.9. The van der Waals surface area contributed by atoms with Crippen molar-refractivity contribution < 1.29 is 23.9 Å². The van der Waals surface area contributed by atoms with Gasteiger partial charge in [-0.05, 0) is 93.3 Å². The van der Waals surface area contributed by atoms with Crippen LogP contribution < -0.4 is 15.4 Å². The molecule has 0 aliphatic carbocycles. The first-order chi connectivity index (χ1) is 17.2. The molecule has 2 N–H and O–H groups in total. The molecular weight excluding hydrogens is 456 g/mol. The van der Waals surface area contributed by atoms with Crippen molar-refractivity contribution in [3.8, 4) is 11.5 Å². The van der Waals surface area contributed by atoms with E-state index in [0.29, 0.717) is 23.5 Å². The Hall–Kier alpha value is -4.13. The van der Waals surface area contributed by atoms with Crippen molar-refractivity contribution in [1.82, 2.24) is 0 Å². The summed E-state index contributed by atoms with van der Waals surface area (Å²) in [6, 6.07) is 18.7. The van der Waals surface area contributed by atoms with E-state index in [4.69, 9.17) is 9.47 Å². The average molecular weight is 489 g/mol. The zero-order valence-electron chi connectivity index (χ0n) is 21.1. The molecule has 36 heavy (non-hydrogen) atoms. The van der Waals surface area contributed by atoms with Crippen LogP contribution in [0.15, 0.2) is 60.7 Å². The average Bonchev–Trinajstić information content (AvgIpc) is 2.83. The van der Waals surface area contributed by atoms with Gasteiger partial charge in [0.1, 0.15) is 11.5 Å². The molecule has 3 rings (SSSR count). The van der Waals surface area contributed by atoms with Gasteiger partial charge in [-0.3, -0.25) is 14.4 Å². The molecule has 3 aromatic carbocycles. The van der Waals surface area contributed by atoms with Gasteiger partial charge < -0.3 is 20.1 Å². The van der Waals surface area contributed by atoms with Crippen molar-refractivity contribution in [1.29, 1.82) is 0 Å². The van der Waals surface area contributed by atoms with Gasteiger partial charge in [0.15, 0.2) is 6.61 Å². The van der Waals surface area contributed by atoms with Crippen LogP contribution in [0.3, 0.4) is 0 Å². The van der Waals surface area contributed by atoms with E-state index in [1.165, 1.54) is 5.56 Å². The van der Waals surface area contributed by atoms with E-state index in [0.717, 1.165) is 22.4 Å². The van der Waals surface area contributed by atoms with E-state index in [-0.39, 0.29) is 25.4 Å². The minimum atomic E-state index is -0.522. The Morgan fingerprint density at radius 3 is 2.11 bits per heavy atom. The van der Waals surface area contributed by atoms with E-state index in [1.807, 2.05) is 64.1 Å². The molecule has 188 valence electrons. The SMILES string of the molecule is Cc1ccc(NC(=O)COC(=O)CCCC(=O)Nc2ccc(Oc3ccc(C)c(C)c3)cc2)c(C)c1. The molecule has 0 bridgehead atoms. The Morgan fingerprint density at radius 2 is 1.42 bits per heavy atom. The van der Waals surface area contributed by atoms with Gasteiger partial charge in [-0.15, -0.1) is 0 Å². The van der Waals surface area contributed by atoms with Crippen molar-refractivity contribution in [2.45, 2.75) is 47.0 Å². The monoisotopic (exact) mass is 488 g/mol. The summed E-state index contributed by atoms with van der Waals surface area (Å²) in [5.41, 5.74) is 5.71. The maximum atomic E-state index is 12.2. The van der Waals surface area contributed by atoms with Gasteiger partial charge in [-0.1, -0.05) is 23.8 Å². The van der Waals surface area contributed by atoms with E-state index in [9.17, 15) is 14.4 Å². The van der Waals surface area contributed by atoms with Crippen LogP contribution >= 0.6 is 0 Å². The summed E-state index contributed by atoms with van der Waals surface area (Å²) in [6.45, 7) is 7.58. The molecule has 0 heterocycles. The van der Waals surface area contributed by atoms with Crippen LogP contribution in [-0.4, -0.2) is 24.4 Å². The van der Waals surface area contributed by atoms with Gasteiger partial charge >= 0.3 is 5.97 Å². The van der Waals surface area contributed by atoms with Crippen molar-refractivity contribution >= 4 is 29.2 Å². The standard InChI is InChI=1S/C29H32N2O5/c1-19-8-15-26(22(4)16-19)31-28(33)18-35-29(34)7-5-6-27(32)30-23-10-13-24(14-11-23)36-25-12-9-20(2)21(3)17-25/h8-17H,5-7,18H2,1-4H3,(H,30,32)(H,31,33). The van der Waals surface area contributed by atoms with Crippen LogP contribution in [0, 0.1) is 27.7 Å². The zero-order chi connectivity index (χ0) is 26.1. The summed E-state index contributed by atoms with van der Waals surface area (Å²) in [6.07, 6.45) is 0.523. The number of carbonyl (C=O) groups excluding carboxylic acids is 3. The summed E-state index contributed by atoms with van der Waals surface area (Å²) in [7, 11) is 0. The Kier molecular flexibility index (Phi) is 9.22. The van der Waals surface area contributed by atoms with E-state index < -0.39 is 11.9 Å². The van der Waals surface area contributed by atoms with Gasteiger partial charge in [0.2, 0.25) is 5.91 Å². The molecule has 0 saturated carbocycles. The largest absolute Gasteiger partial charge is 0.457 e. The third-order valence-corrected chi connectivity index (χ3v) is 5.66. The molecule has 2 amide bonds. The Labute approximate surface area is 211 Å². The molecule has 7 nitrogen and oxygen atoms in total. The number of anilines is 2. The number of esters is 1. The predicted molar refractivity (Wildman–Crippen MR) is 140 cm³/mol. The lowest BCUT2D eigenvalue weighted by molar-refractivity contribution is -0.147. The highest BCUT2D eigenvalue weighted by Gasteiger charge is 2.11. The Balaban J connectivity index is 1.34. The van der Waals surface area contributed by atoms with Gasteiger partial charge in [0.05, 0.1) is 0 Å². The lowest BCUT2D eigenvalue weighted by Gasteiger charge is -2.10. The fourth-order valence-corrected chi connectivity index (χ4v) is 3.49. The number of carbonyl (C=O) groups is 3. The summed E-state index contributed by atoms with van der Waals surface area (Å²) in [4.78, 5) is 36.2. The first-order valence-corrected chi connectivity index (χ1v) is 11.9. The van der Waals surface area contributed by atoms with Crippen molar-refractivity contribution in [3.05, 3.63) is 82.9 Å². The van der Waals surface area contributed by atoms with Crippen LogP contribution in [-0.2, 0) is 19.1 Å². The topological polar surface area (TPSA) is 93.7 Å². The summed E-state index contributed by atoms with van der Waals surface area (Å²) >= 11 is 0.